The molecule has 0 aromatic carbocycles. The Kier molecular flexibility index (Phi) is 3.28. The average Bonchev–Trinajstić information content (AvgIpc) is 2.11. The fourth-order valence-corrected chi connectivity index (χ4v) is 2.20. The SMILES string of the molecule is CC1CC(CN)(C(=O)NC(C)(C)C(N)=O)C1. The molecule has 2 amide bonds. The van der Waals surface area contributed by atoms with Crippen molar-refractivity contribution in [3.63, 3.8) is 0 Å². The minimum absolute atomic E-state index is 0.156. The third kappa shape index (κ3) is 2.19. The van der Waals surface area contributed by atoms with Gasteiger partial charge in [-0.15, -0.1) is 0 Å². The van der Waals surface area contributed by atoms with Crippen molar-refractivity contribution in [2.75, 3.05) is 6.54 Å². The lowest BCUT2D eigenvalue weighted by Gasteiger charge is -2.45. The van der Waals surface area contributed by atoms with Gasteiger partial charge in [0.25, 0.3) is 0 Å². The molecule has 1 fully saturated rings. The summed E-state index contributed by atoms with van der Waals surface area (Å²) in [6, 6.07) is 0. The number of nitrogens with one attached hydrogen (secondary N) is 1. The van der Waals surface area contributed by atoms with E-state index in [4.69, 9.17) is 11.5 Å². The van der Waals surface area contributed by atoms with E-state index in [0.717, 1.165) is 12.8 Å². The van der Waals surface area contributed by atoms with Gasteiger partial charge in [0.15, 0.2) is 0 Å². The maximum Gasteiger partial charge on any atom is 0.242 e. The fraction of sp³-hybridized carbons (Fsp3) is 0.818. The summed E-state index contributed by atoms with van der Waals surface area (Å²) in [6.45, 7) is 5.59. The van der Waals surface area contributed by atoms with Crippen LogP contribution in [0.4, 0.5) is 0 Å². The van der Waals surface area contributed by atoms with E-state index in [9.17, 15) is 9.59 Å². The van der Waals surface area contributed by atoms with Gasteiger partial charge >= 0.3 is 0 Å². The number of nitrogens with two attached hydrogens (primary N) is 2. The molecule has 0 saturated heterocycles. The molecule has 5 N–H and O–H groups in total. The van der Waals surface area contributed by atoms with Crippen LogP contribution in [0.5, 0.6) is 0 Å². The minimum Gasteiger partial charge on any atom is -0.368 e. The van der Waals surface area contributed by atoms with Crippen LogP contribution in [0.15, 0.2) is 0 Å². The highest BCUT2D eigenvalue weighted by atomic mass is 16.2. The van der Waals surface area contributed by atoms with Gasteiger partial charge in [0.1, 0.15) is 5.54 Å². The van der Waals surface area contributed by atoms with Crippen LogP contribution in [0.3, 0.4) is 0 Å². The van der Waals surface area contributed by atoms with E-state index >= 15 is 0 Å². The molecule has 0 aromatic rings. The molecule has 92 valence electrons. The number of carbonyl (C=O) groups excluding carboxylic acids is 2. The topological polar surface area (TPSA) is 98.2 Å². The summed E-state index contributed by atoms with van der Waals surface area (Å²) in [5.41, 5.74) is 9.35. The predicted molar refractivity (Wildman–Crippen MR) is 61.3 cm³/mol. The molecule has 0 aliphatic heterocycles. The summed E-state index contributed by atoms with van der Waals surface area (Å²) in [6.07, 6.45) is 1.56. The highest BCUT2D eigenvalue weighted by molar-refractivity contribution is 5.92. The third-order valence-corrected chi connectivity index (χ3v) is 3.39. The van der Waals surface area contributed by atoms with Crippen molar-refractivity contribution >= 4 is 11.8 Å². The number of hydrogen-bond acceptors (Lipinski definition) is 3. The van der Waals surface area contributed by atoms with E-state index in [0.29, 0.717) is 12.5 Å². The van der Waals surface area contributed by atoms with E-state index in [2.05, 4.69) is 12.2 Å². The van der Waals surface area contributed by atoms with Crippen LogP contribution in [-0.4, -0.2) is 23.9 Å². The van der Waals surface area contributed by atoms with Gasteiger partial charge < -0.3 is 16.8 Å². The minimum atomic E-state index is -1.02. The van der Waals surface area contributed by atoms with Gasteiger partial charge in [0.2, 0.25) is 11.8 Å². The van der Waals surface area contributed by atoms with E-state index in [-0.39, 0.29) is 5.91 Å². The predicted octanol–water partition coefficient (Wildman–Crippen LogP) is -0.258. The Morgan fingerprint density at radius 1 is 1.44 bits per heavy atom. The first-order chi connectivity index (χ1) is 7.23. The summed E-state index contributed by atoms with van der Waals surface area (Å²) >= 11 is 0. The van der Waals surface area contributed by atoms with Crippen LogP contribution in [0.25, 0.3) is 0 Å². The summed E-state index contributed by atoms with van der Waals surface area (Å²) < 4.78 is 0. The second-order valence-corrected chi connectivity index (χ2v) is 5.44. The maximum atomic E-state index is 12.0. The van der Waals surface area contributed by atoms with Crippen molar-refractivity contribution in [1.82, 2.24) is 5.32 Å². The molecule has 0 spiro atoms. The maximum absolute atomic E-state index is 12.0. The molecule has 16 heavy (non-hydrogen) atoms. The summed E-state index contributed by atoms with van der Waals surface area (Å²) in [5.74, 6) is -0.178. The lowest BCUT2D eigenvalue weighted by Crippen LogP contribution is -2.61. The van der Waals surface area contributed by atoms with Crippen LogP contribution in [0.1, 0.15) is 33.6 Å². The second kappa shape index (κ2) is 4.05. The number of primary amides is 1. The van der Waals surface area contributed by atoms with Crippen LogP contribution >= 0.6 is 0 Å². The molecule has 1 rings (SSSR count). The first-order valence-corrected chi connectivity index (χ1v) is 5.56. The molecule has 0 aromatic heterocycles. The lowest BCUT2D eigenvalue weighted by atomic mass is 9.62. The zero-order valence-electron chi connectivity index (χ0n) is 10.2. The molecular weight excluding hydrogens is 206 g/mol. The Balaban J connectivity index is 2.69. The number of rotatable bonds is 4. The van der Waals surface area contributed by atoms with Crippen molar-refractivity contribution in [1.29, 1.82) is 0 Å². The van der Waals surface area contributed by atoms with Crippen molar-refractivity contribution in [2.24, 2.45) is 22.8 Å². The van der Waals surface area contributed by atoms with E-state index < -0.39 is 16.9 Å². The summed E-state index contributed by atoms with van der Waals surface area (Å²) in [4.78, 5) is 23.2. The van der Waals surface area contributed by atoms with Crippen LogP contribution in [0, 0.1) is 11.3 Å². The summed E-state index contributed by atoms with van der Waals surface area (Å²) in [5, 5.41) is 2.68. The van der Waals surface area contributed by atoms with Gasteiger partial charge in [0.05, 0.1) is 5.41 Å². The Hall–Kier alpha value is -1.10. The van der Waals surface area contributed by atoms with E-state index in [1.807, 2.05) is 0 Å². The Labute approximate surface area is 95.9 Å². The van der Waals surface area contributed by atoms with Gasteiger partial charge in [-0.3, -0.25) is 9.59 Å². The first-order valence-electron chi connectivity index (χ1n) is 5.56. The largest absolute Gasteiger partial charge is 0.368 e. The highest BCUT2D eigenvalue weighted by Crippen LogP contribution is 2.45. The smallest absolute Gasteiger partial charge is 0.242 e. The second-order valence-electron chi connectivity index (χ2n) is 5.44. The Bertz CT molecular complexity index is 306. The Morgan fingerprint density at radius 3 is 2.25 bits per heavy atom. The van der Waals surface area contributed by atoms with Gasteiger partial charge in [-0.25, -0.2) is 0 Å². The quantitative estimate of drug-likeness (QED) is 0.617. The Morgan fingerprint density at radius 2 is 1.94 bits per heavy atom. The number of carbonyl (C=O) groups is 2. The molecule has 1 aliphatic rings. The van der Waals surface area contributed by atoms with E-state index in [1.54, 1.807) is 13.8 Å². The molecule has 1 saturated carbocycles. The number of amides is 2. The van der Waals surface area contributed by atoms with E-state index in [1.165, 1.54) is 0 Å². The molecule has 0 bridgehead atoms. The van der Waals surface area contributed by atoms with Gasteiger partial charge in [0, 0.05) is 6.54 Å². The summed E-state index contributed by atoms with van der Waals surface area (Å²) in [7, 11) is 0. The van der Waals surface area contributed by atoms with Crippen molar-refractivity contribution in [2.45, 2.75) is 39.2 Å². The molecule has 1 aliphatic carbocycles. The van der Waals surface area contributed by atoms with Gasteiger partial charge in [-0.05, 0) is 32.6 Å². The van der Waals surface area contributed by atoms with Crippen LogP contribution in [-0.2, 0) is 9.59 Å². The van der Waals surface area contributed by atoms with Crippen LogP contribution < -0.4 is 16.8 Å². The number of hydrogen-bond donors (Lipinski definition) is 3. The van der Waals surface area contributed by atoms with Gasteiger partial charge in [-0.1, -0.05) is 6.92 Å². The van der Waals surface area contributed by atoms with Crippen molar-refractivity contribution in [3.05, 3.63) is 0 Å². The fourth-order valence-electron chi connectivity index (χ4n) is 2.20. The average molecular weight is 227 g/mol. The molecule has 5 nitrogen and oxygen atoms in total. The van der Waals surface area contributed by atoms with Crippen LogP contribution in [0.2, 0.25) is 0 Å². The zero-order valence-corrected chi connectivity index (χ0v) is 10.2. The molecule has 5 heteroatoms. The van der Waals surface area contributed by atoms with Crippen molar-refractivity contribution in [3.8, 4) is 0 Å². The highest BCUT2D eigenvalue weighted by Gasteiger charge is 2.48. The van der Waals surface area contributed by atoms with Gasteiger partial charge in [-0.2, -0.15) is 0 Å². The molecule has 0 atom stereocenters. The zero-order chi connectivity index (χ0) is 12.6. The third-order valence-electron chi connectivity index (χ3n) is 3.39. The standard InChI is InChI=1S/C11H21N3O2/c1-7-4-11(5-7,6-12)9(16)14-10(2,3)8(13)15/h7H,4-6,12H2,1-3H3,(H2,13,15)(H,14,16). The normalized spacial score (nSPS) is 29.4. The first kappa shape index (κ1) is 13.0. The molecule has 0 radical (unpaired) electrons. The molecule has 0 unspecified atom stereocenters. The lowest BCUT2D eigenvalue weighted by molar-refractivity contribution is -0.142. The molecule has 0 heterocycles. The molecular formula is C11H21N3O2. The monoisotopic (exact) mass is 227 g/mol. The van der Waals surface area contributed by atoms with Crippen molar-refractivity contribution < 1.29 is 9.59 Å².